The van der Waals surface area contributed by atoms with Crippen molar-refractivity contribution in [3.05, 3.63) is 0 Å². The molecule has 6 heteroatoms. The smallest absolute Gasteiger partial charge is 0.308 e. The van der Waals surface area contributed by atoms with Gasteiger partial charge in [0.25, 0.3) is 0 Å². The maximum atomic E-state index is 12.5. The van der Waals surface area contributed by atoms with Gasteiger partial charge >= 0.3 is 6.18 Å². The molecule has 0 radical (unpaired) electrons. The van der Waals surface area contributed by atoms with E-state index in [1.54, 1.807) is 4.90 Å². The highest BCUT2D eigenvalue weighted by Gasteiger charge is 2.42. The largest absolute Gasteiger partial charge is 0.405 e. The highest BCUT2D eigenvalue weighted by molar-refractivity contribution is 4.93. The van der Waals surface area contributed by atoms with Crippen LogP contribution in [0.3, 0.4) is 0 Å². The van der Waals surface area contributed by atoms with Crippen LogP contribution in [0.4, 0.5) is 13.2 Å². The summed E-state index contributed by atoms with van der Waals surface area (Å²) in [5.41, 5.74) is 0. The average Bonchev–Trinajstić information content (AvgIpc) is 2.59. The van der Waals surface area contributed by atoms with Crippen molar-refractivity contribution in [2.24, 2.45) is 5.92 Å². The predicted octanol–water partition coefficient (Wildman–Crippen LogP) is 1.71. The van der Waals surface area contributed by atoms with Crippen LogP contribution in [0.2, 0.25) is 0 Å². The Morgan fingerprint density at radius 2 is 2.12 bits per heavy atom. The zero-order valence-electron chi connectivity index (χ0n) is 10.2. The number of alkyl halides is 3. The summed E-state index contributed by atoms with van der Waals surface area (Å²) in [5, 5.41) is 8.58. The van der Waals surface area contributed by atoms with Gasteiger partial charge in [0.1, 0.15) is 0 Å². The van der Waals surface area contributed by atoms with Crippen LogP contribution < -0.4 is 0 Å². The van der Waals surface area contributed by atoms with Crippen LogP contribution in [0.15, 0.2) is 0 Å². The van der Waals surface area contributed by atoms with Crippen molar-refractivity contribution in [3.63, 3.8) is 0 Å². The van der Waals surface area contributed by atoms with Crippen molar-refractivity contribution in [1.82, 2.24) is 9.80 Å². The summed E-state index contributed by atoms with van der Waals surface area (Å²) in [7, 11) is 3.81. The summed E-state index contributed by atoms with van der Waals surface area (Å²) in [5.74, 6) is -1.87. The van der Waals surface area contributed by atoms with Gasteiger partial charge in [0.05, 0.1) is 6.07 Å². The van der Waals surface area contributed by atoms with Gasteiger partial charge < -0.3 is 4.90 Å². The van der Waals surface area contributed by atoms with Gasteiger partial charge in [-0.3, -0.25) is 4.90 Å². The molecule has 1 saturated heterocycles. The molecule has 1 fully saturated rings. The third kappa shape index (κ3) is 4.17. The van der Waals surface area contributed by atoms with E-state index in [-0.39, 0.29) is 12.6 Å². The minimum atomic E-state index is -4.42. The molecule has 0 bridgehead atoms. The van der Waals surface area contributed by atoms with Crippen LogP contribution in [-0.2, 0) is 0 Å². The molecule has 1 aliphatic rings. The van der Waals surface area contributed by atoms with Crippen molar-refractivity contribution < 1.29 is 13.2 Å². The van der Waals surface area contributed by atoms with Gasteiger partial charge in [-0.2, -0.15) is 18.4 Å². The van der Waals surface area contributed by atoms with E-state index in [1.165, 1.54) is 6.07 Å². The first kappa shape index (κ1) is 14.3. The lowest BCUT2D eigenvalue weighted by atomic mass is 10.1. The molecule has 0 aliphatic carbocycles. The molecule has 0 spiro atoms. The molecular weight excluding hydrogens is 231 g/mol. The SMILES string of the molecule is CN(C)CC1CCCN1CC(C#N)C(F)(F)F. The maximum Gasteiger partial charge on any atom is 0.405 e. The first-order valence-corrected chi connectivity index (χ1v) is 5.69. The summed E-state index contributed by atoms with van der Waals surface area (Å²) in [6.45, 7) is 1.21. The Bertz CT molecular complexity index is 283. The van der Waals surface area contributed by atoms with Crippen LogP contribution in [0, 0.1) is 17.2 Å². The molecule has 0 saturated carbocycles. The normalized spacial score (nSPS) is 23.9. The molecule has 2 atom stereocenters. The second-order valence-corrected chi connectivity index (χ2v) is 4.78. The minimum absolute atomic E-state index is 0.142. The van der Waals surface area contributed by atoms with Gasteiger partial charge in [-0.1, -0.05) is 0 Å². The van der Waals surface area contributed by atoms with E-state index in [4.69, 9.17) is 5.26 Å². The zero-order valence-corrected chi connectivity index (χ0v) is 10.2. The fourth-order valence-corrected chi connectivity index (χ4v) is 2.22. The van der Waals surface area contributed by atoms with E-state index in [2.05, 4.69) is 0 Å². The number of nitrogens with zero attached hydrogens (tertiary/aromatic N) is 3. The lowest BCUT2D eigenvalue weighted by molar-refractivity contribution is -0.163. The third-order valence-electron chi connectivity index (χ3n) is 3.04. The highest BCUT2D eigenvalue weighted by Crippen LogP contribution is 2.29. The minimum Gasteiger partial charge on any atom is -0.308 e. The fraction of sp³-hybridized carbons (Fsp3) is 0.909. The molecule has 1 heterocycles. The van der Waals surface area contributed by atoms with E-state index in [0.29, 0.717) is 6.54 Å². The summed E-state index contributed by atoms with van der Waals surface area (Å²) < 4.78 is 37.5. The zero-order chi connectivity index (χ0) is 13.1. The van der Waals surface area contributed by atoms with E-state index < -0.39 is 12.1 Å². The molecule has 0 aromatic carbocycles. The lowest BCUT2D eigenvalue weighted by Gasteiger charge is -2.29. The number of likely N-dealkylation sites (N-methyl/N-ethyl adjacent to an activating group) is 1. The van der Waals surface area contributed by atoms with E-state index >= 15 is 0 Å². The number of likely N-dealkylation sites (tertiary alicyclic amines) is 1. The third-order valence-corrected chi connectivity index (χ3v) is 3.04. The Morgan fingerprint density at radius 3 is 2.59 bits per heavy atom. The Hall–Kier alpha value is -0.800. The lowest BCUT2D eigenvalue weighted by Crippen LogP contribution is -2.42. The highest BCUT2D eigenvalue weighted by atomic mass is 19.4. The van der Waals surface area contributed by atoms with Crippen molar-refractivity contribution in [2.75, 3.05) is 33.7 Å². The molecule has 1 aliphatic heterocycles. The molecule has 0 aromatic heterocycles. The van der Waals surface area contributed by atoms with Crippen LogP contribution in [-0.4, -0.2) is 55.7 Å². The summed E-state index contributed by atoms with van der Waals surface area (Å²) in [4.78, 5) is 3.76. The summed E-state index contributed by atoms with van der Waals surface area (Å²) in [6, 6.07) is 1.50. The van der Waals surface area contributed by atoms with Gasteiger partial charge in [0.2, 0.25) is 0 Å². The molecule has 98 valence electrons. The van der Waals surface area contributed by atoms with E-state index in [0.717, 1.165) is 19.4 Å². The van der Waals surface area contributed by atoms with Crippen LogP contribution in [0.1, 0.15) is 12.8 Å². The molecule has 0 amide bonds. The predicted molar refractivity (Wildman–Crippen MR) is 58.3 cm³/mol. The first-order chi connectivity index (χ1) is 7.84. The van der Waals surface area contributed by atoms with Gasteiger partial charge in [0, 0.05) is 19.1 Å². The van der Waals surface area contributed by atoms with E-state index in [9.17, 15) is 13.2 Å². The molecule has 17 heavy (non-hydrogen) atoms. The average molecular weight is 249 g/mol. The molecule has 0 aromatic rings. The molecule has 3 nitrogen and oxygen atoms in total. The molecule has 2 unspecified atom stereocenters. The van der Waals surface area contributed by atoms with Gasteiger partial charge in [-0.15, -0.1) is 0 Å². The van der Waals surface area contributed by atoms with Crippen molar-refractivity contribution >= 4 is 0 Å². The van der Waals surface area contributed by atoms with Crippen molar-refractivity contribution in [2.45, 2.75) is 25.1 Å². The second-order valence-electron chi connectivity index (χ2n) is 4.78. The summed E-state index contributed by atoms with van der Waals surface area (Å²) in [6.07, 6.45) is -2.59. The monoisotopic (exact) mass is 249 g/mol. The second kappa shape index (κ2) is 5.69. The number of rotatable bonds is 4. The topological polar surface area (TPSA) is 30.3 Å². The Kier molecular flexibility index (Phi) is 4.78. The Labute approximate surface area is 99.8 Å². The van der Waals surface area contributed by atoms with Crippen LogP contribution >= 0.6 is 0 Å². The Balaban J connectivity index is 2.58. The standard InChI is InChI=1S/C11H18F3N3/c1-16(2)8-10-4-3-5-17(10)7-9(6-15)11(12,13)14/h9-10H,3-5,7-8H2,1-2H3. The van der Waals surface area contributed by atoms with Crippen molar-refractivity contribution in [3.8, 4) is 6.07 Å². The number of hydrogen-bond acceptors (Lipinski definition) is 3. The van der Waals surface area contributed by atoms with Gasteiger partial charge in [0.15, 0.2) is 5.92 Å². The molecule has 1 rings (SSSR count). The van der Waals surface area contributed by atoms with E-state index in [1.807, 2.05) is 19.0 Å². The number of hydrogen-bond donors (Lipinski definition) is 0. The number of nitriles is 1. The number of halogens is 3. The van der Waals surface area contributed by atoms with Crippen LogP contribution in [0.25, 0.3) is 0 Å². The van der Waals surface area contributed by atoms with Gasteiger partial charge in [-0.05, 0) is 33.5 Å². The fourth-order valence-electron chi connectivity index (χ4n) is 2.22. The quantitative estimate of drug-likeness (QED) is 0.760. The first-order valence-electron chi connectivity index (χ1n) is 5.69. The van der Waals surface area contributed by atoms with Crippen molar-refractivity contribution in [1.29, 1.82) is 5.26 Å². The molecule has 0 N–H and O–H groups in total. The Morgan fingerprint density at radius 1 is 1.47 bits per heavy atom. The van der Waals surface area contributed by atoms with Gasteiger partial charge in [-0.25, -0.2) is 0 Å². The van der Waals surface area contributed by atoms with Crippen LogP contribution in [0.5, 0.6) is 0 Å². The summed E-state index contributed by atoms with van der Waals surface area (Å²) >= 11 is 0. The molecular formula is C11H18F3N3. The maximum absolute atomic E-state index is 12.5.